The third-order valence-electron chi connectivity index (χ3n) is 3.68. The Morgan fingerprint density at radius 1 is 1.35 bits per heavy atom. The predicted molar refractivity (Wildman–Crippen MR) is 98.6 cm³/mol. The van der Waals surface area contributed by atoms with Gasteiger partial charge < -0.3 is 24.8 Å². The second-order valence-corrected chi connectivity index (χ2v) is 7.87. The molecular weight excluding hydrogens is 360 g/mol. The highest BCUT2D eigenvalue weighted by molar-refractivity contribution is 6.31. The average molecular weight is 385 g/mol. The second kappa shape index (κ2) is 7.72. The Labute approximate surface area is 158 Å². The molecule has 2 rings (SSSR count). The quantitative estimate of drug-likeness (QED) is 0.752. The van der Waals surface area contributed by atoms with E-state index in [4.69, 9.17) is 21.1 Å². The fourth-order valence-corrected chi connectivity index (χ4v) is 2.54. The second-order valence-electron chi connectivity index (χ2n) is 7.43. The Hall–Kier alpha value is -1.99. The molecule has 0 bridgehead atoms. The molecule has 1 amide bonds. The summed E-state index contributed by atoms with van der Waals surface area (Å²) in [7, 11) is 0. The number of benzene rings is 1. The Balaban J connectivity index is 1.94. The van der Waals surface area contributed by atoms with Crippen molar-refractivity contribution in [1.29, 1.82) is 0 Å². The predicted octanol–water partition coefficient (Wildman–Crippen LogP) is 1.75. The number of anilines is 1. The van der Waals surface area contributed by atoms with Gasteiger partial charge in [-0.1, -0.05) is 11.6 Å². The van der Waals surface area contributed by atoms with Crippen molar-refractivity contribution in [1.82, 2.24) is 5.32 Å². The molecule has 0 aliphatic carbocycles. The van der Waals surface area contributed by atoms with Crippen LogP contribution in [0.25, 0.3) is 0 Å². The highest BCUT2D eigenvalue weighted by atomic mass is 35.5. The molecule has 1 aromatic rings. The number of carbonyl (C=O) groups is 2. The Morgan fingerprint density at radius 3 is 2.69 bits per heavy atom. The topological polar surface area (TPSA) is 88.1 Å². The highest BCUT2D eigenvalue weighted by Gasteiger charge is 2.35. The van der Waals surface area contributed by atoms with Crippen LogP contribution in [0.15, 0.2) is 18.2 Å². The molecule has 0 unspecified atom stereocenters. The van der Waals surface area contributed by atoms with Gasteiger partial charge in [-0.15, -0.1) is 0 Å². The van der Waals surface area contributed by atoms with Crippen LogP contribution in [0.5, 0.6) is 5.75 Å². The van der Waals surface area contributed by atoms with Crippen LogP contribution >= 0.6 is 11.6 Å². The van der Waals surface area contributed by atoms with E-state index in [1.54, 1.807) is 39.0 Å². The summed E-state index contributed by atoms with van der Waals surface area (Å²) in [4.78, 5) is 26.1. The summed E-state index contributed by atoms with van der Waals surface area (Å²) in [6.07, 6.45) is 0. The molecule has 0 saturated heterocycles. The standard InChI is InChI=1S/C18H25ClN2O5/c1-17(2,3)26-16(23)18(4,24)11-20-15(22)10-21-7-8-25-14-6-5-12(19)9-13(14)21/h5-6,9,24H,7-8,10-11H2,1-4H3,(H,20,22)/t18-/m0/s1. The lowest BCUT2D eigenvalue weighted by Crippen LogP contribution is -2.51. The van der Waals surface area contributed by atoms with Gasteiger partial charge in [0, 0.05) is 5.02 Å². The van der Waals surface area contributed by atoms with Crippen molar-refractivity contribution >= 4 is 29.2 Å². The van der Waals surface area contributed by atoms with Crippen LogP contribution in [0.4, 0.5) is 5.69 Å². The van der Waals surface area contributed by atoms with Gasteiger partial charge >= 0.3 is 5.97 Å². The summed E-state index contributed by atoms with van der Waals surface area (Å²) in [5, 5.41) is 13.4. The number of fused-ring (bicyclic) bond motifs is 1. The molecule has 0 aromatic heterocycles. The first-order valence-electron chi connectivity index (χ1n) is 8.38. The molecule has 1 aromatic carbocycles. The van der Waals surface area contributed by atoms with Gasteiger partial charge in [-0.25, -0.2) is 4.79 Å². The van der Waals surface area contributed by atoms with Crippen LogP contribution in [0, 0.1) is 0 Å². The molecule has 0 radical (unpaired) electrons. The molecule has 0 spiro atoms. The van der Waals surface area contributed by atoms with Gasteiger partial charge in [0.25, 0.3) is 0 Å². The van der Waals surface area contributed by atoms with Gasteiger partial charge in [0.2, 0.25) is 5.91 Å². The number of carbonyl (C=O) groups excluding carboxylic acids is 2. The SMILES string of the molecule is CC(C)(C)OC(=O)[C@@](C)(O)CNC(=O)CN1CCOc2ccc(Cl)cc21. The van der Waals surface area contributed by atoms with Crippen molar-refractivity contribution in [3.63, 3.8) is 0 Å². The van der Waals surface area contributed by atoms with E-state index in [0.717, 1.165) is 5.69 Å². The highest BCUT2D eigenvalue weighted by Crippen LogP contribution is 2.33. The van der Waals surface area contributed by atoms with E-state index in [2.05, 4.69) is 5.32 Å². The number of nitrogens with zero attached hydrogens (tertiary/aromatic N) is 1. The number of rotatable bonds is 5. The van der Waals surface area contributed by atoms with Crippen molar-refractivity contribution in [3.8, 4) is 5.75 Å². The van der Waals surface area contributed by atoms with Crippen LogP contribution in [-0.2, 0) is 14.3 Å². The van der Waals surface area contributed by atoms with Crippen molar-refractivity contribution in [2.45, 2.75) is 38.9 Å². The number of hydrogen-bond acceptors (Lipinski definition) is 6. The summed E-state index contributed by atoms with van der Waals surface area (Å²) in [6.45, 7) is 7.24. The molecule has 8 heteroatoms. The fraction of sp³-hybridized carbons (Fsp3) is 0.556. The number of nitrogens with one attached hydrogen (secondary N) is 1. The largest absolute Gasteiger partial charge is 0.490 e. The molecule has 1 heterocycles. The summed E-state index contributed by atoms with van der Waals surface area (Å²) >= 11 is 6.02. The Kier molecular flexibility index (Phi) is 6.03. The van der Waals surface area contributed by atoms with Gasteiger partial charge in [0.15, 0.2) is 5.60 Å². The monoisotopic (exact) mass is 384 g/mol. The van der Waals surface area contributed by atoms with Gasteiger partial charge in [0.05, 0.1) is 25.3 Å². The van der Waals surface area contributed by atoms with Crippen LogP contribution in [-0.4, -0.2) is 54.4 Å². The third kappa shape index (κ3) is 5.51. The molecule has 0 fully saturated rings. The minimum absolute atomic E-state index is 0.0566. The van der Waals surface area contributed by atoms with Gasteiger partial charge in [-0.2, -0.15) is 0 Å². The molecule has 0 saturated carbocycles. The first-order valence-corrected chi connectivity index (χ1v) is 8.75. The van der Waals surface area contributed by atoms with Crippen LogP contribution in [0.1, 0.15) is 27.7 Å². The summed E-state index contributed by atoms with van der Waals surface area (Å²) in [5.74, 6) is -0.454. The molecule has 2 N–H and O–H groups in total. The van der Waals surface area contributed by atoms with E-state index in [0.29, 0.717) is 23.9 Å². The number of halogens is 1. The zero-order chi connectivity index (χ0) is 19.5. The zero-order valence-corrected chi connectivity index (χ0v) is 16.2. The smallest absolute Gasteiger partial charge is 0.340 e. The van der Waals surface area contributed by atoms with Crippen molar-refractivity contribution in [2.24, 2.45) is 0 Å². The van der Waals surface area contributed by atoms with Crippen LogP contribution in [0.3, 0.4) is 0 Å². The Morgan fingerprint density at radius 2 is 2.04 bits per heavy atom. The van der Waals surface area contributed by atoms with Crippen molar-refractivity contribution < 1.29 is 24.2 Å². The van der Waals surface area contributed by atoms with Gasteiger partial charge in [-0.3, -0.25) is 4.79 Å². The Bertz CT molecular complexity index is 685. The normalized spacial score (nSPS) is 16.2. The lowest BCUT2D eigenvalue weighted by molar-refractivity contribution is -0.174. The maximum Gasteiger partial charge on any atom is 0.340 e. The lowest BCUT2D eigenvalue weighted by atomic mass is 10.1. The van der Waals surface area contributed by atoms with E-state index in [1.165, 1.54) is 6.92 Å². The van der Waals surface area contributed by atoms with Gasteiger partial charge in [0.1, 0.15) is 18.0 Å². The average Bonchev–Trinajstić information content (AvgIpc) is 2.52. The number of esters is 1. The minimum atomic E-state index is -1.81. The molecule has 1 aliphatic rings. The molecule has 1 atom stereocenters. The lowest BCUT2D eigenvalue weighted by Gasteiger charge is -2.31. The summed E-state index contributed by atoms with van der Waals surface area (Å²) in [6, 6.07) is 5.22. The number of amides is 1. The maximum absolute atomic E-state index is 12.3. The first kappa shape index (κ1) is 20.3. The first-order chi connectivity index (χ1) is 12.0. The van der Waals surface area contributed by atoms with Crippen LogP contribution < -0.4 is 15.0 Å². The van der Waals surface area contributed by atoms with E-state index in [9.17, 15) is 14.7 Å². The fourth-order valence-electron chi connectivity index (χ4n) is 2.37. The van der Waals surface area contributed by atoms with Gasteiger partial charge in [-0.05, 0) is 45.9 Å². The molecule has 26 heavy (non-hydrogen) atoms. The number of aliphatic hydroxyl groups is 1. The minimum Gasteiger partial charge on any atom is -0.490 e. The molecular formula is C18H25ClN2O5. The van der Waals surface area contributed by atoms with Crippen molar-refractivity contribution in [3.05, 3.63) is 23.2 Å². The molecule has 7 nitrogen and oxygen atoms in total. The summed E-state index contributed by atoms with van der Waals surface area (Å²) < 4.78 is 10.7. The number of hydrogen-bond donors (Lipinski definition) is 2. The van der Waals surface area contributed by atoms with E-state index < -0.39 is 17.2 Å². The number of ether oxygens (including phenoxy) is 2. The van der Waals surface area contributed by atoms with Crippen LogP contribution in [0.2, 0.25) is 5.02 Å². The van der Waals surface area contributed by atoms with E-state index >= 15 is 0 Å². The van der Waals surface area contributed by atoms with E-state index in [1.807, 2.05) is 4.90 Å². The summed E-state index contributed by atoms with van der Waals surface area (Å²) in [5.41, 5.74) is -1.80. The van der Waals surface area contributed by atoms with E-state index in [-0.39, 0.29) is 19.0 Å². The third-order valence-corrected chi connectivity index (χ3v) is 3.92. The maximum atomic E-state index is 12.3. The zero-order valence-electron chi connectivity index (χ0n) is 15.5. The van der Waals surface area contributed by atoms with Crippen molar-refractivity contribution in [2.75, 3.05) is 31.1 Å². The molecule has 144 valence electrons. The molecule has 1 aliphatic heterocycles.